The predicted molar refractivity (Wildman–Crippen MR) is 111 cm³/mol. The van der Waals surface area contributed by atoms with E-state index in [1.54, 1.807) is 0 Å². The number of hydrogen-bond donors (Lipinski definition) is 0. The second-order valence-electron chi connectivity index (χ2n) is 7.57. The molecule has 4 heterocycles. The van der Waals surface area contributed by atoms with Gasteiger partial charge in [-0.05, 0) is 50.8 Å². The Hall–Kier alpha value is -2.76. The van der Waals surface area contributed by atoms with Gasteiger partial charge < -0.3 is 9.47 Å². The van der Waals surface area contributed by atoms with Crippen LogP contribution in [0.4, 0.5) is 5.82 Å². The number of piperidine rings is 1. The van der Waals surface area contributed by atoms with Crippen LogP contribution in [-0.4, -0.2) is 37.6 Å². The Morgan fingerprint density at radius 3 is 2.71 bits per heavy atom. The summed E-state index contributed by atoms with van der Waals surface area (Å²) in [6, 6.07) is 4.13. The third kappa shape index (κ3) is 3.77. The Balaban J connectivity index is 1.58. The average Bonchev–Trinajstić information content (AvgIpc) is 3.16. The molecule has 0 unspecified atom stereocenters. The number of rotatable bonds is 5. The molecule has 28 heavy (non-hydrogen) atoms. The zero-order valence-electron chi connectivity index (χ0n) is 17.0. The van der Waals surface area contributed by atoms with Crippen LogP contribution in [0.1, 0.15) is 54.2 Å². The summed E-state index contributed by atoms with van der Waals surface area (Å²) in [6.45, 7) is 9.10. The maximum Gasteiger partial charge on any atom is 0.135 e. The highest BCUT2D eigenvalue weighted by atomic mass is 15.2. The summed E-state index contributed by atoms with van der Waals surface area (Å²) < 4.78 is 2.28. The molecule has 6 nitrogen and oxygen atoms in total. The van der Waals surface area contributed by atoms with Gasteiger partial charge in [0, 0.05) is 61.6 Å². The zero-order valence-corrected chi connectivity index (χ0v) is 17.0. The molecule has 1 atom stereocenters. The van der Waals surface area contributed by atoms with E-state index in [2.05, 4.69) is 51.6 Å². The van der Waals surface area contributed by atoms with Crippen molar-refractivity contribution < 1.29 is 0 Å². The Morgan fingerprint density at radius 1 is 1.11 bits per heavy atom. The van der Waals surface area contributed by atoms with E-state index in [0.717, 1.165) is 56.2 Å². The molecule has 1 aliphatic rings. The van der Waals surface area contributed by atoms with Crippen LogP contribution in [0, 0.1) is 13.8 Å². The number of nitrogens with zero attached hydrogens (tertiary/aromatic N) is 6. The molecule has 0 aromatic carbocycles. The van der Waals surface area contributed by atoms with Crippen LogP contribution >= 0.6 is 0 Å². The van der Waals surface area contributed by atoms with Gasteiger partial charge in [-0.1, -0.05) is 6.92 Å². The molecule has 1 saturated heterocycles. The molecule has 1 fully saturated rings. The van der Waals surface area contributed by atoms with E-state index in [0.29, 0.717) is 5.92 Å². The van der Waals surface area contributed by atoms with Gasteiger partial charge in [-0.3, -0.25) is 4.98 Å². The fourth-order valence-electron chi connectivity index (χ4n) is 4.27. The molecule has 146 valence electrons. The summed E-state index contributed by atoms with van der Waals surface area (Å²) in [5.41, 5.74) is 3.62. The Kier molecular flexibility index (Phi) is 5.37. The molecule has 6 heteroatoms. The Labute approximate surface area is 166 Å². The largest absolute Gasteiger partial charge is 0.356 e. The fraction of sp³-hybridized carbons (Fsp3) is 0.455. The van der Waals surface area contributed by atoms with Crippen LogP contribution in [0.3, 0.4) is 0 Å². The summed E-state index contributed by atoms with van der Waals surface area (Å²) >= 11 is 0. The number of imidazole rings is 1. The van der Waals surface area contributed by atoms with E-state index in [1.165, 1.54) is 17.0 Å². The topological polar surface area (TPSA) is 59.7 Å². The number of aryl methyl sites for hydroxylation is 2. The van der Waals surface area contributed by atoms with Gasteiger partial charge in [0.25, 0.3) is 0 Å². The van der Waals surface area contributed by atoms with Gasteiger partial charge in [0.1, 0.15) is 17.5 Å². The number of hydrogen-bond acceptors (Lipinski definition) is 5. The molecular formula is C22H28N6. The molecule has 0 amide bonds. The van der Waals surface area contributed by atoms with Crippen LogP contribution in [0.15, 0.2) is 36.9 Å². The average molecular weight is 377 g/mol. The van der Waals surface area contributed by atoms with Crippen molar-refractivity contribution in [3.05, 3.63) is 65.4 Å². The minimum Gasteiger partial charge on any atom is -0.356 e. The lowest BCUT2D eigenvalue weighted by Gasteiger charge is -2.35. The van der Waals surface area contributed by atoms with E-state index in [9.17, 15) is 0 Å². The molecule has 0 N–H and O–H groups in total. The van der Waals surface area contributed by atoms with Gasteiger partial charge in [-0.2, -0.15) is 0 Å². The summed E-state index contributed by atoms with van der Waals surface area (Å²) in [6.07, 6.45) is 11.0. The summed E-state index contributed by atoms with van der Waals surface area (Å²) in [4.78, 5) is 20.7. The van der Waals surface area contributed by atoms with Crippen LogP contribution in [0.25, 0.3) is 0 Å². The van der Waals surface area contributed by atoms with Crippen molar-refractivity contribution in [3.63, 3.8) is 0 Å². The van der Waals surface area contributed by atoms with Crippen LogP contribution in [-0.2, 0) is 13.0 Å². The maximum atomic E-state index is 4.82. The molecule has 0 spiro atoms. The standard InChI is InChI=1S/C22H28N6/c1-4-20-16(2)25-17(3)26-22(20)27-12-5-6-19(15-27)21-24-11-13-28(21)14-18-7-9-23-10-8-18/h7-11,13,19H,4-6,12,14-15H2,1-3H3/t19-/m0/s1. The molecule has 0 radical (unpaired) electrons. The van der Waals surface area contributed by atoms with Gasteiger partial charge in [0.2, 0.25) is 0 Å². The lowest BCUT2D eigenvalue weighted by atomic mass is 9.96. The second-order valence-corrected chi connectivity index (χ2v) is 7.57. The van der Waals surface area contributed by atoms with E-state index < -0.39 is 0 Å². The maximum absolute atomic E-state index is 4.82. The molecule has 4 rings (SSSR count). The second kappa shape index (κ2) is 8.09. The van der Waals surface area contributed by atoms with Gasteiger partial charge in [-0.15, -0.1) is 0 Å². The normalized spacial score (nSPS) is 17.1. The van der Waals surface area contributed by atoms with E-state index in [-0.39, 0.29) is 0 Å². The van der Waals surface area contributed by atoms with Gasteiger partial charge in [0.05, 0.1) is 0 Å². The fourth-order valence-corrected chi connectivity index (χ4v) is 4.27. The van der Waals surface area contributed by atoms with E-state index in [1.807, 2.05) is 25.5 Å². The van der Waals surface area contributed by atoms with E-state index in [4.69, 9.17) is 9.97 Å². The first kappa shape index (κ1) is 18.6. The van der Waals surface area contributed by atoms with Gasteiger partial charge >= 0.3 is 0 Å². The summed E-state index contributed by atoms with van der Waals surface area (Å²) in [5.74, 6) is 3.54. The highest BCUT2D eigenvalue weighted by Crippen LogP contribution is 2.31. The van der Waals surface area contributed by atoms with Crippen molar-refractivity contribution >= 4 is 5.82 Å². The molecule has 0 aliphatic carbocycles. The lowest BCUT2D eigenvalue weighted by Crippen LogP contribution is -2.37. The highest BCUT2D eigenvalue weighted by molar-refractivity contribution is 5.50. The molecule has 0 saturated carbocycles. The minimum absolute atomic E-state index is 0.408. The number of aromatic nitrogens is 5. The third-order valence-corrected chi connectivity index (χ3v) is 5.59. The first-order valence-electron chi connectivity index (χ1n) is 10.1. The van der Waals surface area contributed by atoms with Crippen LogP contribution in [0.5, 0.6) is 0 Å². The number of anilines is 1. The van der Waals surface area contributed by atoms with Gasteiger partial charge in [0.15, 0.2) is 0 Å². The smallest absolute Gasteiger partial charge is 0.135 e. The monoisotopic (exact) mass is 376 g/mol. The first-order chi connectivity index (χ1) is 13.7. The van der Waals surface area contributed by atoms with Crippen molar-refractivity contribution in [1.82, 2.24) is 24.5 Å². The number of pyridine rings is 1. The molecule has 3 aromatic rings. The van der Waals surface area contributed by atoms with Crippen molar-refractivity contribution in [1.29, 1.82) is 0 Å². The van der Waals surface area contributed by atoms with Crippen molar-refractivity contribution in [3.8, 4) is 0 Å². The predicted octanol–water partition coefficient (Wildman–Crippen LogP) is 3.68. The molecule has 0 bridgehead atoms. The first-order valence-corrected chi connectivity index (χ1v) is 10.1. The van der Waals surface area contributed by atoms with Crippen LogP contribution in [0.2, 0.25) is 0 Å². The Morgan fingerprint density at radius 2 is 1.93 bits per heavy atom. The third-order valence-electron chi connectivity index (χ3n) is 5.59. The van der Waals surface area contributed by atoms with Crippen molar-refractivity contribution in [2.45, 2.75) is 52.5 Å². The lowest BCUT2D eigenvalue weighted by molar-refractivity contribution is 0.472. The zero-order chi connectivity index (χ0) is 19.5. The van der Waals surface area contributed by atoms with E-state index >= 15 is 0 Å². The summed E-state index contributed by atoms with van der Waals surface area (Å²) in [5, 5.41) is 0. The SMILES string of the molecule is CCc1c(C)nc(C)nc1N1CCC[C@H](c2nccn2Cc2ccncc2)C1. The molecule has 1 aliphatic heterocycles. The highest BCUT2D eigenvalue weighted by Gasteiger charge is 2.27. The quantitative estimate of drug-likeness (QED) is 0.680. The van der Waals surface area contributed by atoms with Crippen molar-refractivity contribution in [2.24, 2.45) is 0 Å². The van der Waals surface area contributed by atoms with Gasteiger partial charge in [-0.25, -0.2) is 15.0 Å². The Bertz CT molecular complexity index is 933. The van der Waals surface area contributed by atoms with Crippen molar-refractivity contribution in [2.75, 3.05) is 18.0 Å². The molecule has 3 aromatic heterocycles. The van der Waals surface area contributed by atoms with Crippen LogP contribution < -0.4 is 4.90 Å². The minimum atomic E-state index is 0.408. The molecular weight excluding hydrogens is 348 g/mol. The summed E-state index contributed by atoms with van der Waals surface area (Å²) in [7, 11) is 0.